The topological polar surface area (TPSA) is 66.8 Å². The molecule has 2 fully saturated rings. The lowest BCUT2D eigenvalue weighted by Crippen LogP contribution is -2.52. The standard InChI is InChI=1S/C14H23NO4/c1-9-8-19-10(2)7-15(9)13(16)11-3-5-12(6-4-11)14(17)18/h9-12H,3-8H2,1-2H3,(H,17,18). The first-order chi connectivity index (χ1) is 8.99. The number of hydrogen-bond acceptors (Lipinski definition) is 3. The van der Waals surface area contributed by atoms with Gasteiger partial charge in [-0.25, -0.2) is 0 Å². The average molecular weight is 269 g/mol. The smallest absolute Gasteiger partial charge is 0.306 e. The second kappa shape index (κ2) is 5.90. The highest BCUT2D eigenvalue weighted by molar-refractivity contribution is 5.80. The molecule has 0 aromatic rings. The van der Waals surface area contributed by atoms with Crippen LogP contribution in [0.4, 0.5) is 0 Å². The molecule has 2 aliphatic rings. The molecule has 1 saturated heterocycles. The maximum Gasteiger partial charge on any atom is 0.306 e. The van der Waals surface area contributed by atoms with E-state index in [1.807, 2.05) is 18.7 Å². The Morgan fingerprint density at radius 3 is 2.26 bits per heavy atom. The van der Waals surface area contributed by atoms with Crippen molar-refractivity contribution in [1.82, 2.24) is 4.90 Å². The van der Waals surface area contributed by atoms with Crippen LogP contribution in [0, 0.1) is 11.8 Å². The van der Waals surface area contributed by atoms with E-state index in [-0.39, 0.29) is 29.9 Å². The zero-order valence-electron chi connectivity index (χ0n) is 11.7. The molecule has 19 heavy (non-hydrogen) atoms. The van der Waals surface area contributed by atoms with Crippen molar-refractivity contribution in [2.45, 2.75) is 51.7 Å². The molecule has 0 aromatic carbocycles. The molecule has 5 nitrogen and oxygen atoms in total. The molecule has 0 aromatic heterocycles. The summed E-state index contributed by atoms with van der Waals surface area (Å²) in [5.74, 6) is -0.792. The van der Waals surface area contributed by atoms with Crippen LogP contribution in [0.1, 0.15) is 39.5 Å². The Hall–Kier alpha value is -1.10. The van der Waals surface area contributed by atoms with Gasteiger partial charge >= 0.3 is 5.97 Å². The minimum atomic E-state index is -0.723. The Morgan fingerprint density at radius 1 is 1.11 bits per heavy atom. The molecule has 1 N–H and O–H groups in total. The lowest BCUT2D eigenvalue weighted by molar-refractivity contribution is -0.151. The summed E-state index contributed by atoms with van der Waals surface area (Å²) in [5, 5.41) is 8.98. The second-order valence-corrected chi connectivity index (χ2v) is 5.87. The van der Waals surface area contributed by atoms with Gasteiger partial charge in [0.15, 0.2) is 0 Å². The van der Waals surface area contributed by atoms with E-state index in [4.69, 9.17) is 9.84 Å². The number of carboxylic acids is 1. The van der Waals surface area contributed by atoms with E-state index >= 15 is 0 Å². The summed E-state index contributed by atoms with van der Waals surface area (Å²) in [5.41, 5.74) is 0. The van der Waals surface area contributed by atoms with Gasteiger partial charge in [-0.2, -0.15) is 0 Å². The van der Waals surface area contributed by atoms with Crippen molar-refractivity contribution in [2.24, 2.45) is 11.8 Å². The Bertz CT molecular complexity index is 349. The largest absolute Gasteiger partial charge is 0.481 e. The molecular weight excluding hydrogens is 246 g/mol. The molecule has 108 valence electrons. The van der Waals surface area contributed by atoms with Crippen LogP contribution >= 0.6 is 0 Å². The molecule has 1 amide bonds. The van der Waals surface area contributed by atoms with E-state index in [1.165, 1.54) is 0 Å². The van der Waals surface area contributed by atoms with Gasteiger partial charge in [0.2, 0.25) is 5.91 Å². The van der Waals surface area contributed by atoms with Gasteiger partial charge in [0.05, 0.1) is 24.7 Å². The van der Waals surface area contributed by atoms with Gasteiger partial charge in [0, 0.05) is 12.5 Å². The van der Waals surface area contributed by atoms with Crippen molar-refractivity contribution in [3.05, 3.63) is 0 Å². The SMILES string of the molecule is CC1CN(C(=O)C2CCC(C(=O)O)CC2)C(C)CO1. The number of nitrogens with zero attached hydrogens (tertiary/aromatic N) is 1. The van der Waals surface area contributed by atoms with Crippen LogP contribution in [0.2, 0.25) is 0 Å². The number of carbonyl (C=O) groups is 2. The second-order valence-electron chi connectivity index (χ2n) is 5.87. The van der Waals surface area contributed by atoms with Gasteiger partial charge < -0.3 is 14.7 Å². The minimum Gasteiger partial charge on any atom is -0.481 e. The normalized spacial score (nSPS) is 36.0. The third-order valence-corrected chi connectivity index (χ3v) is 4.32. The number of carboxylic acid groups (broad SMARTS) is 1. The molecule has 1 heterocycles. The zero-order valence-corrected chi connectivity index (χ0v) is 11.7. The van der Waals surface area contributed by atoms with E-state index in [9.17, 15) is 9.59 Å². The van der Waals surface area contributed by atoms with E-state index in [1.54, 1.807) is 0 Å². The van der Waals surface area contributed by atoms with Crippen LogP contribution in [0.15, 0.2) is 0 Å². The van der Waals surface area contributed by atoms with Crippen molar-refractivity contribution in [3.8, 4) is 0 Å². The molecule has 2 rings (SSSR count). The highest BCUT2D eigenvalue weighted by atomic mass is 16.5. The lowest BCUT2D eigenvalue weighted by atomic mass is 9.81. The van der Waals surface area contributed by atoms with Crippen molar-refractivity contribution in [3.63, 3.8) is 0 Å². The highest BCUT2D eigenvalue weighted by Gasteiger charge is 2.35. The summed E-state index contributed by atoms with van der Waals surface area (Å²) in [7, 11) is 0. The van der Waals surface area contributed by atoms with Crippen molar-refractivity contribution in [1.29, 1.82) is 0 Å². The van der Waals surface area contributed by atoms with Crippen LogP contribution < -0.4 is 0 Å². The lowest BCUT2D eigenvalue weighted by Gasteiger charge is -2.39. The molecule has 1 saturated carbocycles. The molecule has 0 spiro atoms. The van der Waals surface area contributed by atoms with Crippen LogP contribution in [-0.2, 0) is 14.3 Å². The van der Waals surface area contributed by atoms with Crippen molar-refractivity contribution < 1.29 is 19.4 Å². The number of amides is 1. The van der Waals surface area contributed by atoms with Crippen LogP contribution in [0.25, 0.3) is 0 Å². The first-order valence-electron chi connectivity index (χ1n) is 7.14. The predicted octanol–water partition coefficient (Wildman–Crippen LogP) is 1.51. The summed E-state index contributed by atoms with van der Waals surface area (Å²) in [4.78, 5) is 25.3. The molecule has 5 heteroatoms. The summed E-state index contributed by atoms with van der Waals surface area (Å²) < 4.78 is 5.53. The van der Waals surface area contributed by atoms with E-state index < -0.39 is 5.97 Å². The quantitative estimate of drug-likeness (QED) is 0.825. The summed E-state index contributed by atoms with van der Waals surface area (Å²) in [6.07, 6.45) is 2.75. The fourth-order valence-corrected chi connectivity index (χ4v) is 3.03. The molecule has 1 aliphatic carbocycles. The van der Waals surface area contributed by atoms with Crippen molar-refractivity contribution in [2.75, 3.05) is 13.2 Å². The number of hydrogen-bond donors (Lipinski definition) is 1. The van der Waals surface area contributed by atoms with Crippen LogP contribution in [0.3, 0.4) is 0 Å². The first-order valence-corrected chi connectivity index (χ1v) is 7.14. The third kappa shape index (κ3) is 3.26. The van der Waals surface area contributed by atoms with E-state index in [2.05, 4.69) is 0 Å². The predicted molar refractivity (Wildman–Crippen MR) is 69.7 cm³/mol. The average Bonchev–Trinajstić information content (AvgIpc) is 2.41. The first kappa shape index (κ1) is 14.3. The van der Waals surface area contributed by atoms with Crippen LogP contribution in [-0.4, -0.2) is 47.2 Å². The van der Waals surface area contributed by atoms with Crippen molar-refractivity contribution >= 4 is 11.9 Å². The summed E-state index contributed by atoms with van der Waals surface area (Å²) in [6, 6.07) is 0.126. The van der Waals surface area contributed by atoms with Gasteiger partial charge in [0.25, 0.3) is 0 Å². The highest BCUT2D eigenvalue weighted by Crippen LogP contribution is 2.31. The molecule has 0 bridgehead atoms. The Morgan fingerprint density at radius 2 is 1.68 bits per heavy atom. The van der Waals surface area contributed by atoms with Gasteiger partial charge in [-0.1, -0.05) is 0 Å². The van der Waals surface area contributed by atoms with Gasteiger partial charge in [-0.15, -0.1) is 0 Å². The van der Waals surface area contributed by atoms with Gasteiger partial charge in [-0.05, 0) is 39.5 Å². The maximum atomic E-state index is 12.5. The molecular formula is C14H23NO4. The van der Waals surface area contributed by atoms with E-state index in [0.29, 0.717) is 38.8 Å². The minimum absolute atomic E-state index is 0.00310. The maximum absolute atomic E-state index is 12.5. The number of aliphatic carboxylic acids is 1. The molecule has 0 radical (unpaired) electrons. The van der Waals surface area contributed by atoms with Gasteiger partial charge in [0.1, 0.15) is 0 Å². The Kier molecular flexibility index (Phi) is 4.45. The zero-order chi connectivity index (χ0) is 14.0. The summed E-state index contributed by atoms with van der Waals surface area (Å²) >= 11 is 0. The molecule has 2 unspecified atom stereocenters. The Balaban J connectivity index is 1.91. The molecule has 1 aliphatic heterocycles. The monoisotopic (exact) mass is 269 g/mol. The van der Waals surface area contributed by atoms with E-state index in [0.717, 1.165) is 0 Å². The van der Waals surface area contributed by atoms with Gasteiger partial charge in [-0.3, -0.25) is 9.59 Å². The fourth-order valence-electron chi connectivity index (χ4n) is 3.03. The number of morpholine rings is 1. The summed E-state index contributed by atoms with van der Waals surface area (Å²) in [6.45, 7) is 5.23. The van der Waals surface area contributed by atoms with Crippen LogP contribution in [0.5, 0.6) is 0 Å². The number of carbonyl (C=O) groups excluding carboxylic acids is 1. The third-order valence-electron chi connectivity index (χ3n) is 4.32. The number of rotatable bonds is 2. The number of ether oxygens (including phenoxy) is 1. The fraction of sp³-hybridized carbons (Fsp3) is 0.857. The Labute approximate surface area is 113 Å². The molecule has 2 atom stereocenters.